The van der Waals surface area contributed by atoms with Gasteiger partial charge in [0.05, 0.1) is 0 Å². The zero-order valence-electron chi connectivity index (χ0n) is 12.8. The number of ether oxygens (including phenoxy) is 1. The fraction of sp³-hybridized carbons (Fsp3) is 0.0556. The number of hydrogen-bond donors (Lipinski definition) is 2. The number of aromatic nitrogens is 3. The van der Waals surface area contributed by atoms with E-state index < -0.39 is 5.97 Å². The van der Waals surface area contributed by atoms with Crippen molar-refractivity contribution in [2.24, 2.45) is 0 Å². The van der Waals surface area contributed by atoms with Gasteiger partial charge in [-0.25, -0.2) is 9.89 Å². The minimum atomic E-state index is -1.19. The molecule has 3 aromatic rings. The van der Waals surface area contributed by atoms with E-state index in [9.17, 15) is 4.79 Å². The second-order valence-electron chi connectivity index (χ2n) is 5.05. The highest BCUT2D eigenvalue weighted by Gasteiger charge is 2.16. The summed E-state index contributed by atoms with van der Waals surface area (Å²) in [6, 6.07) is 14.9. The summed E-state index contributed by atoms with van der Waals surface area (Å²) in [4.78, 5) is 11.0. The molecule has 0 saturated heterocycles. The van der Waals surface area contributed by atoms with Crippen molar-refractivity contribution in [1.82, 2.24) is 15.4 Å². The molecule has 0 amide bonds. The molecule has 24 heavy (non-hydrogen) atoms. The van der Waals surface area contributed by atoms with Crippen LogP contribution in [-0.2, 0) is 0 Å². The zero-order chi connectivity index (χ0) is 16.9. The number of nitrogens with zero attached hydrogens (tertiary/aromatic N) is 2. The van der Waals surface area contributed by atoms with Crippen LogP contribution in [0, 0.1) is 18.8 Å². The van der Waals surface area contributed by atoms with Crippen LogP contribution in [0.15, 0.2) is 48.5 Å². The second kappa shape index (κ2) is 6.67. The van der Waals surface area contributed by atoms with Crippen molar-refractivity contribution in [3.63, 3.8) is 0 Å². The summed E-state index contributed by atoms with van der Waals surface area (Å²) in [6.07, 6.45) is 0. The SMILES string of the molecule is Cc1cccc(C#Cc2cccc(Oc3nn[nH]c3C(=O)O)c2)c1. The number of carboxylic acids is 1. The molecule has 118 valence electrons. The summed E-state index contributed by atoms with van der Waals surface area (Å²) in [5.74, 6) is 5.29. The highest BCUT2D eigenvalue weighted by Crippen LogP contribution is 2.22. The predicted octanol–water partition coefficient (Wildman–Crippen LogP) is 3.00. The van der Waals surface area contributed by atoms with Crippen molar-refractivity contribution in [1.29, 1.82) is 0 Å². The first-order valence-electron chi connectivity index (χ1n) is 7.13. The van der Waals surface area contributed by atoms with Crippen LogP contribution in [0.1, 0.15) is 27.2 Å². The Bertz CT molecular complexity index is 951. The van der Waals surface area contributed by atoms with Crippen molar-refractivity contribution in [2.75, 3.05) is 0 Å². The van der Waals surface area contributed by atoms with Gasteiger partial charge in [-0.05, 0) is 42.8 Å². The summed E-state index contributed by atoms with van der Waals surface area (Å²) >= 11 is 0. The van der Waals surface area contributed by atoms with Gasteiger partial charge in [-0.1, -0.05) is 40.4 Å². The maximum atomic E-state index is 11.0. The number of H-pyrrole nitrogens is 1. The first-order chi connectivity index (χ1) is 11.6. The number of carboxylic acid groups (broad SMARTS) is 1. The molecule has 0 unspecified atom stereocenters. The van der Waals surface area contributed by atoms with Crippen molar-refractivity contribution >= 4 is 5.97 Å². The molecular formula is C18H13N3O3. The average Bonchev–Trinajstić information content (AvgIpc) is 3.02. The van der Waals surface area contributed by atoms with Gasteiger partial charge in [0.15, 0.2) is 0 Å². The fourth-order valence-corrected chi connectivity index (χ4v) is 2.05. The zero-order valence-corrected chi connectivity index (χ0v) is 12.8. The van der Waals surface area contributed by atoms with Crippen LogP contribution in [0.25, 0.3) is 0 Å². The van der Waals surface area contributed by atoms with E-state index in [0.29, 0.717) is 5.75 Å². The normalized spacial score (nSPS) is 9.88. The number of rotatable bonds is 3. The van der Waals surface area contributed by atoms with Crippen LogP contribution in [0.4, 0.5) is 0 Å². The smallest absolute Gasteiger partial charge is 0.359 e. The third-order valence-corrected chi connectivity index (χ3v) is 3.15. The Morgan fingerprint density at radius 2 is 1.83 bits per heavy atom. The molecule has 6 heteroatoms. The maximum Gasteiger partial charge on any atom is 0.359 e. The molecule has 1 heterocycles. The number of nitrogens with one attached hydrogen (secondary N) is 1. The Hall–Kier alpha value is -3.59. The van der Waals surface area contributed by atoms with Gasteiger partial charge < -0.3 is 9.84 Å². The quantitative estimate of drug-likeness (QED) is 0.725. The minimum absolute atomic E-state index is 0.0914. The lowest BCUT2D eigenvalue weighted by atomic mass is 10.1. The molecule has 0 saturated carbocycles. The Balaban J connectivity index is 1.82. The van der Waals surface area contributed by atoms with Gasteiger partial charge in [0, 0.05) is 11.1 Å². The number of aromatic amines is 1. The molecule has 3 rings (SSSR count). The van der Waals surface area contributed by atoms with E-state index in [-0.39, 0.29) is 11.6 Å². The van der Waals surface area contributed by atoms with Gasteiger partial charge in [-0.15, -0.1) is 0 Å². The third kappa shape index (κ3) is 3.59. The summed E-state index contributed by atoms with van der Waals surface area (Å²) in [5.41, 5.74) is 2.61. The Labute approximate surface area is 138 Å². The van der Waals surface area contributed by atoms with Crippen molar-refractivity contribution < 1.29 is 14.6 Å². The topological polar surface area (TPSA) is 88.1 Å². The molecule has 6 nitrogen and oxygen atoms in total. The van der Waals surface area contributed by atoms with Gasteiger partial charge in [0.2, 0.25) is 5.69 Å². The lowest BCUT2D eigenvalue weighted by Gasteiger charge is -2.02. The summed E-state index contributed by atoms with van der Waals surface area (Å²) < 4.78 is 5.47. The molecule has 0 atom stereocenters. The van der Waals surface area contributed by atoms with E-state index >= 15 is 0 Å². The largest absolute Gasteiger partial charge is 0.476 e. The van der Waals surface area contributed by atoms with E-state index in [1.165, 1.54) is 0 Å². The van der Waals surface area contributed by atoms with Crippen LogP contribution in [-0.4, -0.2) is 26.5 Å². The first-order valence-corrected chi connectivity index (χ1v) is 7.13. The van der Waals surface area contributed by atoms with Gasteiger partial charge in [-0.2, -0.15) is 0 Å². The fourth-order valence-electron chi connectivity index (χ4n) is 2.05. The Morgan fingerprint density at radius 3 is 2.54 bits per heavy atom. The van der Waals surface area contributed by atoms with Crippen LogP contribution in [0.5, 0.6) is 11.6 Å². The van der Waals surface area contributed by atoms with E-state index in [4.69, 9.17) is 9.84 Å². The standard InChI is InChI=1S/C18H13N3O3/c1-12-4-2-5-13(10-12)8-9-14-6-3-7-15(11-14)24-17-16(18(22)23)19-21-20-17/h2-7,10-11H,1H3,(H,22,23)(H,19,20,21). The second-order valence-corrected chi connectivity index (χ2v) is 5.05. The highest BCUT2D eigenvalue weighted by atomic mass is 16.5. The molecule has 0 fully saturated rings. The summed E-state index contributed by atoms with van der Waals surface area (Å²) in [5, 5.41) is 18.3. The number of aryl methyl sites for hydroxylation is 1. The molecular weight excluding hydrogens is 306 g/mol. The van der Waals surface area contributed by atoms with E-state index in [2.05, 4.69) is 27.3 Å². The van der Waals surface area contributed by atoms with E-state index in [1.807, 2.05) is 37.3 Å². The lowest BCUT2D eigenvalue weighted by molar-refractivity contribution is 0.0687. The average molecular weight is 319 g/mol. The molecule has 0 bridgehead atoms. The van der Waals surface area contributed by atoms with Crippen LogP contribution >= 0.6 is 0 Å². The van der Waals surface area contributed by atoms with E-state index in [0.717, 1.165) is 16.7 Å². The Morgan fingerprint density at radius 1 is 1.12 bits per heavy atom. The molecule has 0 spiro atoms. The maximum absolute atomic E-state index is 11.0. The van der Waals surface area contributed by atoms with Gasteiger partial charge >= 0.3 is 5.97 Å². The molecule has 2 N–H and O–H groups in total. The van der Waals surface area contributed by atoms with Crippen molar-refractivity contribution in [3.8, 4) is 23.5 Å². The monoisotopic (exact) mass is 319 g/mol. The van der Waals surface area contributed by atoms with Gasteiger partial charge in [-0.3, -0.25) is 0 Å². The third-order valence-electron chi connectivity index (χ3n) is 3.15. The molecule has 0 aliphatic rings. The molecule has 0 aliphatic heterocycles. The number of carbonyl (C=O) groups is 1. The number of hydrogen-bond acceptors (Lipinski definition) is 4. The summed E-state index contributed by atoms with van der Waals surface area (Å²) in [6.45, 7) is 2.01. The van der Waals surface area contributed by atoms with Crippen LogP contribution < -0.4 is 4.74 Å². The van der Waals surface area contributed by atoms with Crippen LogP contribution in [0.3, 0.4) is 0 Å². The number of benzene rings is 2. The number of aromatic carboxylic acids is 1. The Kier molecular flexibility index (Phi) is 4.25. The minimum Gasteiger partial charge on any atom is -0.476 e. The highest BCUT2D eigenvalue weighted by molar-refractivity contribution is 5.87. The van der Waals surface area contributed by atoms with Gasteiger partial charge in [0.25, 0.3) is 5.88 Å². The molecule has 2 aromatic carbocycles. The molecule has 0 radical (unpaired) electrons. The lowest BCUT2D eigenvalue weighted by Crippen LogP contribution is -1.99. The van der Waals surface area contributed by atoms with Gasteiger partial charge in [0.1, 0.15) is 5.75 Å². The van der Waals surface area contributed by atoms with Crippen molar-refractivity contribution in [3.05, 3.63) is 70.9 Å². The van der Waals surface area contributed by atoms with E-state index in [1.54, 1.807) is 18.2 Å². The molecule has 0 aliphatic carbocycles. The predicted molar refractivity (Wildman–Crippen MR) is 87.0 cm³/mol. The van der Waals surface area contributed by atoms with Crippen LogP contribution in [0.2, 0.25) is 0 Å². The molecule has 1 aromatic heterocycles. The first kappa shape index (κ1) is 15.3. The summed E-state index contributed by atoms with van der Waals surface area (Å²) in [7, 11) is 0. The van der Waals surface area contributed by atoms with Crippen molar-refractivity contribution in [2.45, 2.75) is 6.92 Å².